The van der Waals surface area contributed by atoms with Crippen LogP contribution in [-0.4, -0.2) is 33.0 Å². The standard InChI is InChI=1S/C22H24N4O2S/c1-16-8-3-6-12-19(16)28-14-20-23-24-22(25(20)2)29-15-21(27)26-13-7-10-17-9-4-5-11-18(17)26/h3-6,8-9,11-12H,7,10,13-15H2,1-2H3. The third-order valence-corrected chi connectivity index (χ3v) is 6.12. The molecule has 0 N–H and O–H groups in total. The van der Waals surface area contributed by atoms with Crippen LogP contribution in [0, 0.1) is 6.92 Å². The SMILES string of the molecule is Cc1ccccc1OCc1nnc(SCC(=O)N2CCCc3ccccc32)n1C. The van der Waals surface area contributed by atoms with Crippen LogP contribution in [0.25, 0.3) is 0 Å². The number of anilines is 1. The molecule has 0 spiro atoms. The van der Waals surface area contributed by atoms with Crippen molar-refractivity contribution in [1.82, 2.24) is 14.8 Å². The molecule has 0 fully saturated rings. The van der Waals surface area contributed by atoms with E-state index in [9.17, 15) is 4.79 Å². The fourth-order valence-corrected chi connectivity index (χ4v) is 4.26. The highest BCUT2D eigenvalue weighted by atomic mass is 32.2. The van der Waals surface area contributed by atoms with Crippen LogP contribution in [-0.2, 0) is 24.9 Å². The molecule has 0 bridgehead atoms. The first kappa shape index (κ1) is 19.5. The predicted octanol–water partition coefficient (Wildman–Crippen LogP) is 3.77. The lowest BCUT2D eigenvalue weighted by Crippen LogP contribution is -2.36. The van der Waals surface area contributed by atoms with Crippen molar-refractivity contribution in [2.45, 2.75) is 31.5 Å². The van der Waals surface area contributed by atoms with Crippen LogP contribution >= 0.6 is 11.8 Å². The summed E-state index contributed by atoms with van der Waals surface area (Å²) in [5.74, 6) is 2.00. The van der Waals surface area contributed by atoms with E-state index < -0.39 is 0 Å². The summed E-state index contributed by atoms with van der Waals surface area (Å²) in [6.07, 6.45) is 2.03. The first-order valence-corrected chi connectivity index (χ1v) is 10.7. The molecule has 1 aliphatic heterocycles. The smallest absolute Gasteiger partial charge is 0.237 e. The fourth-order valence-electron chi connectivity index (χ4n) is 3.45. The molecule has 1 aliphatic rings. The lowest BCUT2D eigenvalue weighted by molar-refractivity contribution is -0.116. The van der Waals surface area contributed by atoms with Gasteiger partial charge in [-0.1, -0.05) is 48.2 Å². The van der Waals surface area contributed by atoms with Crippen LogP contribution < -0.4 is 9.64 Å². The maximum atomic E-state index is 12.8. The molecule has 0 saturated heterocycles. The maximum Gasteiger partial charge on any atom is 0.237 e. The van der Waals surface area contributed by atoms with Gasteiger partial charge in [0.25, 0.3) is 0 Å². The molecule has 0 unspecified atom stereocenters. The zero-order chi connectivity index (χ0) is 20.2. The average molecular weight is 409 g/mol. The molecular weight excluding hydrogens is 384 g/mol. The van der Waals surface area contributed by atoms with Gasteiger partial charge < -0.3 is 14.2 Å². The van der Waals surface area contributed by atoms with E-state index in [1.54, 1.807) is 0 Å². The molecule has 2 heterocycles. The number of hydrogen-bond acceptors (Lipinski definition) is 5. The summed E-state index contributed by atoms with van der Waals surface area (Å²) in [4.78, 5) is 14.7. The zero-order valence-electron chi connectivity index (χ0n) is 16.7. The summed E-state index contributed by atoms with van der Waals surface area (Å²) in [5.41, 5.74) is 3.36. The summed E-state index contributed by atoms with van der Waals surface area (Å²) < 4.78 is 7.76. The van der Waals surface area contributed by atoms with Gasteiger partial charge >= 0.3 is 0 Å². The molecule has 1 amide bonds. The van der Waals surface area contributed by atoms with E-state index in [-0.39, 0.29) is 5.91 Å². The van der Waals surface area contributed by atoms with Crippen LogP contribution in [0.5, 0.6) is 5.75 Å². The Morgan fingerprint density at radius 2 is 1.93 bits per heavy atom. The molecule has 2 aromatic carbocycles. The van der Waals surface area contributed by atoms with E-state index in [1.807, 2.05) is 65.9 Å². The first-order valence-electron chi connectivity index (χ1n) is 9.71. The molecule has 4 rings (SSSR count). The lowest BCUT2D eigenvalue weighted by atomic mass is 10.0. The largest absolute Gasteiger partial charge is 0.485 e. The minimum Gasteiger partial charge on any atom is -0.485 e. The summed E-state index contributed by atoms with van der Waals surface area (Å²) in [7, 11) is 1.90. The third kappa shape index (κ3) is 4.29. The first-order chi connectivity index (χ1) is 14.1. The van der Waals surface area contributed by atoms with Crippen LogP contribution in [0.3, 0.4) is 0 Å². The number of aryl methyl sites for hydroxylation is 2. The number of ether oxygens (including phenoxy) is 1. The van der Waals surface area contributed by atoms with Gasteiger partial charge in [-0.3, -0.25) is 4.79 Å². The van der Waals surface area contributed by atoms with Gasteiger partial charge in [-0.05, 0) is 43.0 Å². The number of nitrogens with zero attached hydrogens (tertiary/aromatic N) is 4. The monoisotopic (exact) mass is 408 g/mol. The Bertz CT molecular complexity index is 1020. The van der Waals surface area contributed by atoms with E-state index in [2.05, 4.69) is 16.3 Å². The molecule has 0 saturated carbocycles. The highest BCUT2D eigenvalue weighted by molar-refractivity contribution is 7.99. The van der Waals surface area contributed by atoms with Gasteiger partial charge in [0.15, 0.2) is 11.0 Å². The van der Waals surface area contributed by atoms with Gasteiger partial charge in [-0.25, -0.2) is 0 Å². The van der Waals surface area contributed by atoms with Crippen LogP contribution in [0.15, 0.2) is 53.7 Å². The zero-order valence-corrected chi connectivity index (χ0v) is 17.5. The number of rotatable bonds is 6. The molecule has 6 nitrogen and oxygen atoms in total. The molecule has 150 valence electrons. The maximum absolute atomic E-state index is 12.8. The quantitative estimate of drug-likeness (QED) is 0.581. The van der Waals surface area contributed by atoms with Gasteiger partial charge in [0, 0.05) is 19.3 Å². The van der Waals surface area contributed by atoms with Gasteiger partial charge in [0.1, 0.15) is 12.4 Å². The lowest BCUT2D eigenvalue weighted by Gasteiger charge is -2.29. The highest BCUT2D eigenvalue weighted by Crippen LogP contribution is 2.28. The van der Waals surface area contributed by atoms with Gasteiger partial charge in [0.2, 0.25) is 5.91 Å². The van der Waals surface area contributed by atoms with Crippen molar-refractivity contribution in [2.24, 2.45) is 7.05 Å². The molecule has 29 heavy (non-hydrogen) atoms. The van der Waals surface area contributed by atoms with Crippen molar-refractivity contribution in [1.29, 1.82) is 0 Å². The Morgan fingerprint density at radius 3 is 2.79 bits per heavy atom. The van der Waals surface area contributed by atoms with Crippen molar-refractivity contribution in [3.05, 3.63) is 65.5 Å². The summed E-state index contributed by atoms with van der Waals surface area (Å²) in [6.45, 7) is 3.12. The second-order valence-electron chi connectivity index (χ2n) is 7.08. The van der Waals surface area contributed by atoms with E-state index in [0.29, 0.717) is 17.5 Å². The minimum atomic E-state index is 0.0999. The van der Waals surface area contributed by atoms with Gasteiger partial charge in [-0.15, -0.1) is 10.2 Å². The molecule has 0 radical (unpaired) electrons. The second-order valence-corrected chi connectivity index (χ2v) is 8.02. The number of benzene rings is 2. The summed E-state index contributed by atoms with van der Waals surface area (Å²) in [6, 6.07) is 16.0. The van der Waals surface area contributed by atoms with E-state index in [1.165, 1.54) is 17.3 Å². The van der Waals surface area contributed by atoms with Crippen molar-refractivity contribution in [2.75, 3.05) is 17.2 Å². The molecule has 0 aliphatic carbocycles. The van der Waals surface area contributed by atoms with Crippen molar-refractivity contribution < 1.29 is 9.53 Å². The van der Waals surface area contributed by atoms with Crippen molar-refractivity contribution in [3.8, 4) is 5.75 Å². The van der Waals surface area contributed by atoms with Crippen molar-refractivity contribution >= 4 is 23.4 Å². The number of carbonyl (C=O) groups is 1. The molecule has 0 atom stereocenters. The number of fused-ring (bicyclic) bond motifs is 1. The highest BCUT2D eigenvalue weighted by Gasteiger charge is 2.23. The average Bonchev–Trinajstić information content (AvgIpc) is 3.10. The topological polar surface area (TPSA) is 60.3 Å². The Hall–Kier alpha value is -2.80. The Morgan fingerprint density at radius 1 is 1.14 bits per heavy atom. The minimum absolute atomic E-state index is 0.0999. The van der Waals surface area contributed by atoms with E-state index in [0.717, 1.165) is 42.2 Å². The predicted molar refractivity (Wildman–Crippen MR) is 114 cm³/mol. The number of hydrogen-bond donors (Lipinski definition) is 0. The van der Waals surface area contributed by atoms with Crippen LogP contribution in [0.1, 0.15) is 23.4 Å². The second kappa shape index (κ2) is 8.69. The Labute approximate surface area is 174 Å². The number of thioether (sulfide) groups is 1. The van der Waals surface area contributed by atoms with E-state index in [4.69, 9.17) is 4.74 Å². The summed E-state index contributed by atoms with van der Waals surface area (Å²) >= 11 is 1.41. The Kier molecular flexibility index (Phi) is 5.85. The number of amides is 1. The van der Waals surface area contributed by atoms with Gasteiger partial charge in [0.05, 0.1) is 5.75 Å². The fraction of sp³-hybridized carbons (Fsp3) is 0.318. The van der Waals surface area contributed by atoms with Gasteiger partial charge in [-0.2, -0.15) is 0 Å². The summed E-state index contributed by atoms with van der Waals surface area (Å²) in [5, 5.41) is 9.18. The Balaban J connectivity index is 1.37. The molecule has 3 aromatic rings. The third-order valence-electron chi connectivity index (χ3n) is 5.11. The number of carbonyl (C=O) groups excluding carboxylic acids is 1. The molecule has 7 heteroatoms. The van der Waals surface area contributed by atoms with Crippen molar-refractivity contribution in [3.63, 3.8) is 0 Å². The van der Waals surface area contributed by atoms with Crippen LogP contribution in [0.2, 0.25) is 0 Å². The van der Waals surface area contributed by atoms with E-state index >= 15 is 0 Å². The normalized spacial score (nSPS) is 13.2. The molecular formula is C22H24N4O2S. The number of aromatic nitrogens is 3. The van der Waals surface area contributed by atoms with Crippen LogP contribution in [0.4, 0.5) is 5.69 Å². The number of para-hydroxylation sites is 2. The molecule has 1 aromatic heterocycles.